The van der Waals surface area contributed by atoms with E-state index in [1.165, 1.54) is 19.4 Å². The molecule has 0 bridgehead atoms. The maximum atomic E-state index is 3.55. The summed E-state index contributed by atoms with van der Waals surface area (Å²) in [4.78, 5) is 0. The molecular weight excluding hydrogens is 170 g/mol. The minimum absolute atomic E-state index is 0.436. The second-order valence-electron chi connectivity index (χ2n) is 6.01. The van der Waals surface area contributed by atoms with Gasteiger partial charge >= 0.3 is 0 Å². The van der Waals surface area contributed by atoms with E-state index in [-0.39, 0.29) is 0 Å². The maximum Gasteiger partial charge on any atom is -0.00182 e. The standard InChI is InChI=1S/C13H29N/c1-11(2)8-7-9-14-10-12(3)13(4,5)6/h11-12,14H,7-10H2,1-6H3. The first-order valence-corrected chi connectivity index (χ1v) is 6.04. The molecule has 0 radical (unpaired) electrons. The number of hydrogen-bond donors (Lipinski definition) is 1. The van der Waals surface area contributed by atoms with Gasteiger partial charge in [0.05, 0.1) is 0 Å². The molecule has 1 heteroatoms. The van der Waals surface area contributed by atoms with E-state index in [1.54, 1.807) is 0 Å². The minimum Gasteiger partial charge on any atom is -0.316 e. The lowest BCUT2D eigenvalue weighted by Crippen LogP contribution is -2.30. The first kappa shape index (κ1) is 14.0. The summed E-state index contributed by atoms with van der Waals surface area (Å²) in [6.07, 6.45) is 2.66. The molecule has 0 saturated heterocycles. The molecule has 0 heterocycles. The number of nitrogens with one attached hydrogen (secondary N) is 1. The van der Waals surface area contributed by atoms with E-state index in [9.17, 15) is 0 Å². The topological polar surface area (TPSA) is 12.0 Å². The maximum absolute atomic E-state index is 3.55. The molecule has 0 aliphatic carbocycles. The van der Waals surface area contributed by atoms with Crippen LogP contribution in [0.5, 0.6) is 0 Å². The van der Waals surface area contributed by atoms with Gasteiger partial charge in [0, 0.05) is 0 Å². The van der Waals surface area contributed by atoms with Gasteiger partial charge in [0.2, 0.25) is 0 Å². The van der Waals surface area contributed by atoms with Crippen LogP contribution in [0.2, 0.25) is 0 Å². The van der Waals surface area contributed by atoms with Crippen molar-refractivity contribution in [1.82, 2.24) is 5.32 Å². The summed E-state index contributed by atoms with van der Waals surface area (Å²) in [7, 11) is 0. The van der Waals surface area contributed by atoms with Crippen LogP contribution in [0.1, 0.15) is 54.4 Å². The molecule has 0 saturated carbocycles. The van der Waals surface area contributed by atoms with Crippen LogP contribution in [0.25, 0.3) is 0 Å². The Balaban J connectivity index is 3.37. The third kappa shape index (κ3) is 7.37. The average Bonchev–Trinajstić information content (AvgIpc) is 2.01. The van der Waals surface area contributed by atoms with Crippen molar-refractivity contribution in [2.24, 2.45) is 17.3 Å². The van der Waals surface area contributed by atoms with Gasteiger partial charge in [-0.2, -0.15) is 0 Å². The van der Waals surface area contributed by atoms with Crippen molar-refractivity contribution in [1.29, 1.82) is 0 Å². The molecule has 0 amide bonds. The lowest BCUT2D eigenvalue weighted by atomic mass is 9.82. The van der Waals surface area contributed by atoms with Gasteiger partial charge in [-0.1, -0.05) is 41.5 Å². The van der Waals surface area contributed by atoms with E-state index in [2.05, 4.69) is 46.9 Å². The molecule has 14 heavy (non-hydrogen) atoms. The van der Waals surface area contributed by atoms with Crippen LogP contribution in [0.3, 0.4) is 0 Å². The molecule has 86 valence electrons. The van der Waals surface area contributed by atoms with Crippen molar-refractivity contribution in [3.05, 3.63) is 0 Å². The predicted octanol–water partition coefficient (Wildman–Crippen LogP) is 3.69. The molecule has 0 aliphatic rings. The average molecular weight is 199 g/mol. The van der Waals surface area contributed by atoms with E-state index >= 15 is 0 Å². The fourth-order valence-corrected chi connectivity index (χ4v) is 1.26. The van der Waals surface area contributed by atoms with E-state index < -0.39 is 0 Å². The SMILES string of the molecule is CC(C)CCCNCC(C)C(C)(C)C. The van der Waals surface area contributed by atoms with E-state index in [1.807, 2.05) is 0 Å². The molecule has 0 spiro atoms. The Bertz CT molecular complexity index is 133. The zero-order valence-electron chi connectivity index (χ0n) is 11.0. The normalized spacial score (nSPS) is 14.8. The Morgan fingerprint density at radius 2 is 1.64 bits per heavy atom. The van der Waals surface area contributed by atoms with Gasteiger partial charge in [-0.15, -0.1) is 0 Å². The first-order valence-electron chi connectivity index (χ1n) is 6.04. The highest BCUT2D eigenvalue weighted by Crippen LogP contribution is 2.24. The molecule has 1 atom stereocenters. The van der Waals surface area contributed by atoms with Crippen LogP contribution < -0.4 is 5.32 Å². The summed E-state index contributed by atoms with van der Waals surface area (Å²) in [5.74, 6) is 1.60. The summed E-state index contributed by atoms with van der Waals surface area (Å²) < 4.78 is 0. The summed E-state index contributed by atoms with van der Waals surface area (Å²) >= 11 is 0. The quantitative estimate of drug-likeness (QED) is 0.643. The monoisotopic (exact) mass is 199 g/mol. The van der Waals surface area contributed by atoms with Crippen molar-refractivity contribution in [2.75, 3.05) is 13.1 Å². The summed E-state index contributed by atoms with van der Waals surface area (Å²) in [5.41, 5.74) is 0.436. The summed E-state index contributed by atoms with van der Waals surface area (Å²) in [6.45, 7) is 16.2. The second-order valence-corrected chi connectivity index (χ2v) is 6.01. The molecular formula is C13H29N. The van der Waals surface area contributed by atoms with Crippen LogP contribution in [0, 0.1) is 17.3 Å². The Morgan fingerprint density at radius 1 is 1.07 bits per heavy atom. The number of hydrogen-bond acceptors (Lipinski definition) is 1. The molecule has 0 rings (SSSR count). The van der Waals surface area contributed by atoms with E-state index in [4.69, 9.17) is 0 Å². The molecule has 0 aromatic carbocycles. The minimum atomic E-state index is 0.436. The van der Waals surface area contributed by atoms with Crippen LogP contribution in [-0.2, 0) is 0 Å². The van der Waals surface area contributed by atoms with Gasteiger partial charge in [0.25, 0.3) is 0 Å². The fourth-order valence-electron chi connectivity index (χ4n) is 1.26. The molecule has 1 unspecified atom stereocenters. The van der Waals surface area contributed by atoms with Crippen molar-refractivity contribution >= 4 is 0 Å². The molecule has 1 nitrogen and oxygen atoms in total. The van der Waals surface area contributed by atoms with Crippen LogP contribution in [0.15, 0.2) is 0 Å². The van der Waals surface area contributed by atoms with Gasteiger partial charge < -0.3 is 5.32 Å². The van der Waals surface area contributed by atoms with Gasteiger partial charge in [-0.25, -0.2) is 0 Å². The molecule has 1 N–H and O–H groups in total. The predicted molar refractivity (Wildman–Crippen MR) is 65.6 cm³/mol. The highest BCUT2D eigenvalue weighted by Gasteiger charge is 2.18. The zero-order chi connectivity index (χ0) is 11.2. The number of rotatable bonds is 6. The molecule has 0 aliphatic heterocycles. The van der Waals surface area contributed by atoms with Gasteiger partial charge in [-0.05, 0) is 43.2 Å². The van der Waals surface area contributed by atoms with Crippen LogP contribution >= 0.6 is 0 Å². The molecule has 0 fully saturated rings. The highest BCUT2D eigenvalue weighted by atomic mass is 14.9. The van der Waals surface area contributed by atoms with Crippen molar-refractivity contribution in [3.63, 3.8) is 0 Å². The van der Waals surface area contributed by atoms with Crippen LogP contribution in [-0.4, -0.2) is 13.1 Å². The lowest BCUT2D eigenvalue weighted by molar-refractivity contribution is 0.252. The van der Waals surface area contributed by atoms with Crippen molar-refractivity contribution < 1.29 is 0 Å². The first-order chi connectivity index (χ1) is 6.34. The Kier molecular flexibility index (Phi) is 6.43. The smallest absolute Gasteiger partial charge is 0.00182 e. The van der Waals surface area contributed by atoms with Crippen molar-refractivity contribution in [3.8, 4) is 0 Å². The highest BCUT2D eigenvalue weighted by molar-refractivity contribution is 4.71. The van der Waals surface area contributed by atoms with Gasteiger partial charge in [0.15, 0.2) is 0 Å². The second kappa shape index (κ2) is 6.44. The van der Waals surface area contributed by atoms with Crippen LogP contribution in [0.4, 0.5) is 0 Å². The van der Waals surface area contributed by atoms with Gasteiger partial charge in [0.1, 0.15) is 0 Å². The Hall–Kier alpha value is -0.0400. The Morgan fingerprint density at radius 3 is 2.07 bits per heavy atom. The fraction of sp³-hybridized carbons (Fsp3) is 1.00. The summed E-state index contributed by atoms with van der Waals surface area (Å²) in [5, 5.41) is 3.55. The largest absolute Gasteiger partial charge is 0.316 e. The molecule has 0 aromatic rings. The van der Waals surface area contributed by atoms with E-state index in [0.717, 1.165) is 18.4 Å². The lowest BCUT2D eigenvalue weighted by Gasteiger charge is -2.27. The third-order valence-electron chi connectivity index (χ3n) is 3.06. The Labute approximate surface area is 90.7 Å². The zero-order valence-corrected chi connectivity index (χ0v) is 11.0. The summed E-state index contributed by atoms with van der Waals surface area (Å²) in [6, 6.07) is 0. The molecule has 0 aromatic heterocycles. The van der Waals surface area contributed by atoms with E-state index in [0.29, 0.717) is 5.41 Å². The third-order valence-corrected chi connectivity index (χ3v) is 3.06. The van der Waals surface area contributed by atoms with Gasteiger partial charge in [-0.3, -0.25) is 0 Å². The van der Waals surface area contributed by atoms with Crippen molar-refractivity contribution in [2.45, 2.75) is 54.4 Å².